The van der Waals surface area contributed by atoms with Crippen LogP contribution in [0.5, 0.6) is 0 Å². The first-order valence-electron chi connectivity index (χ1n) is 8.98. The summed E-state index contributed by atoms with van der Waals surface area (Å²) in [6, 6.07) is 0.620. The molecule has 1 heterocycles. The van der Waals surface area contributed by atoms with E-state index in [4.69, 9.17) is 5.73 Å². The molecule has 0 aromatic rings. The van der Waals surface area contributed by atoms with E-state index in [1.165, 1.54) is 38.6 Å². The van der Waals surface area contributed by atoms with Crippen LogP contribution in [0, 0.1) is 11.8 Å². The maximum absolute atomic E-state index is 12.2. The van der Waals surface area contributed by atoms with Crippen LogP contribution in [0.1, 0.15) is 57.8 Å². The van der Waals surface area contributed by atoms with Crippen LogP contribution in [0.3, 0.4) is 0 Å². The monoisotopic (exact) mass is 365 g/mol. The molecule has 3 rings (SSSR count). The zero-order valence-electron chi connectivity index (χ0n) is 14.0. The average molecular weight is 366 g/mol. The Morgan fingerprint density at radius 3 is 2.43 bits per heavy atom. The van der Waals surface area contributed by atoms with Gasteiger partial charge in [0, 0.05) is 38.1 Å². The SMILES string of the molecule is Cl.Cl.N[C@@H]1CCC[C@H]1CC(=O)NC1CCN(CC2CCCC2)C1. The molecule has 0 radical (unpaired) electrons. The number of nitrogens with two attached hydrogens (primary N) is 1. The Hall–Kier alpha value is -0.0300. The van der Waals surface area contributed by atoms with Gasteiger partial charge in [0.2, 0.25) is 5.91 Å². The van der Waals surface area contributed by atoms with Crippen LogP contribution < -0.4 is 11.1 Å². The lowest BCUT2D eigenvalue weighted by Crippen LogP contribution is -2.39. The van der Waals surface area contributed by atoms with Gasteiger partial charge in [-0.2, -0.15) is 0 Å². The summed E-state index contributed by atoms with van der Waals surface area (Å²) in [4.78, 5) is 14.7. The molecule has 1 saturated heterocycles. The fourth-order valence-corrected chi connectivity index (χ4v) is 4.52. The fourth-order valence-electron chi connectivity index (χ4n) is 4.52. The largest absolute Gasteiger partial charge is 0.352 e. The van der Waals surface area contributed by atoms with Crippen molar-refractivity contribution in [3.63, 3.8) is 0 Å². The quantitative estimate of drug-likeness (QED) is 0.787. The number of hydrogen-bond acceptors (Lipinski definition) is 3. The van der Waals surface area contributed by atoms with Crippen molar-refractivity contribution in [2.24, 2.45) is 17.6 Å². The molecule has 136 valence electrons. The lowest BCUT2D eigenvalue weighted by molar-refractivity contribution is -0.122. The van der Waals surface area contributed by atoms with Crippen LogP contribution in [-0.2, 0) is 4.79 Å². The Balaban J connectivity index is 0.00000132. The second-order valence-corrected chi connectivity index (χ2v) is 7.52. The van der Waals surface area contributed by atoms with E-state index in [1.54, 1.807) is 0 Å². The van der Waals surface area contributed by atoms with Crippen molar-refractivity contribution in [2.45, 2.75) is 69.9 Å². The van der Waals surface area contributed by atoms with Gasteiger partial charge in [0.15, 0.2) is 0 Å². The van der Waals surface area contributed by atoms with Crippen LogP contribution in [0.2, 0.25) is 0 Å². The molecule has 2 aliphatic carbocycles. The molecule has 0 aromatic heterocycles. The van der Waals surface area contributed by atoms with Gasteiger partial charge >= 0.3 is 0 Å². The van der Waals surface area contributed by atoms with Gasteiger partial charge < -0.3 is 16.0 Å². The summed E-state index contributed by atoms with van der Waals surface area (Å²) in [5, 5.41) is 3.25. The topological polar surface area (TPSA) is 58.4 Å². The normalized spacial score (nSPS) is 31.6. The van der Waals surface area contributed by atoms with E-state index in [2.05, 4.69) is 10.2 Å². The lowest BCUT2D eigenvalue weighted by atomic mass is 9.99. The van der Waals surface area contributed by atoms with Crippen molar-refractivity contribution in [2.75, 3.05) is 19.6 Å². The predicted molar refractivity (Wildman–Crippen MR) is 99.4 cm³/mol. The van der Waals surface area contributed by atoms with E-state index in [-0.39, 0.29) is 36.8 Å². The minimum atomic E-state index is 0. The summed E-state index contributed by atoms with van der Waals surface area (Å²) in [7, 11) is 0. The third kappa shape index (κ3) is 6.08. The molecule has 3 aliphatic rings. The second kappa shape index (κ2) is 10.1. The molecule has 23 heavy (non-hydrogen) atoms. The molecule has 3 atom stereocenters. The molecular weight excluding hydrogens is 333 g/mol. The molecular formula is C17H33Cl2N3O. The zero-order chi connectivity index (χ0) is 14.7. The van der Waals surface area contributed by atoms with Gasteiger partial charge in [-0.25, -0.2) is 0 Å². The highest BCUT2D eigenvalue weighted by Crippen LogP contribution is 2.28. The number of carbonyl (C=O) groups excluding carboxylic acids is 1. The van der Waals surface area contributed by atoms with Crippen LogP contribution in [0.4, 0.5) is 0 Å². The van der Waals surface area contributed by atoms with E-state index in [0.29, 0.717) is 18.4 Å². The first-order valence-corrected chi connectivity index (χ1v) is 8.98. The lowest BCUT2D eigenvalue weighted by Gasteiger charge is -2.21. The molecule has 3 N–H and O–H groups in total. The number of halogens is 2. The van der Waals surface area contributed by atoms with Crippen molar-refractivity contribution in [1.29, 1.82) is 0 Å². The third-order valence-electron chi connectivity index (χ3n) is 5.79. The Morgan fingerprint density at radius 2 is 1.78 bits per heavy atom. The molecule has 1 unspecified atom stereocenters. The number of hydrogen-bond donors (Lipinski definition) is 2. The summed E-state index contributed by atoms with van der Waals surface area (Å²) in [6.07, 6.45) is 10.8. The van der Waals surface area contributed by atoms with Crippen molar-refractivity contribution in [1.82, 2.24) is 10.2 Å². The van der Waals surface area contributed by atoms with Crippen LogP contribution in [-0.4, -0.2) is 42.5 Å². The first-order chi connectivity index (χ1) is 10.2. The zero-order valence-corrected chi connectivity index (χ0v) is 15.7. The van der Waals surface area contributed by atoms with Crippen LogP contribution >= 0.6 is 24.8 Å². The van der Waals surface area contributed by atoms with Crippen molar-refractivity contribution < 1.29 is 4.79 Å². The molecule has 4 nitrogen and oxygen atoms in total. The Morgan fingerprint density at radius 1 is 1.04 bits per heavy atom. The number of nitrogens with zero attached hydrogens (tertiary/aromatic N) is 1. The van der Waals surface area contributed by atoms with Crippen molar-refractivity contribution >= 4 is 30.7 Å². The summed E-state index contributed by atoms with van der Waals surface area (Å²) in [5.74, 6) is 1.56. The Kier molecular flexibility index (Phi) is 9.20. The Labute approximate surface area is 153 Å². The molecule has 3 fully saturated rings. The van der Waals surface area contributed by atoms with E-state index in [1.807, 2.05) is 0 Å². The highest BCUT2D eigenvalue weighted by atomic mass is 35.5. The summed E-state index contributed by atoms with van der Waals surface area (Å²) >= 11 is 0. The second-order valence-electron chi connectivity index (χ2n) is 7.52. The van der Waals surface area contributed by atoms with E-state index in [0.717, 1.165) is 38.3 Å². The highest BCUT2D eigenvalue weighted by Gasteiger charge is 2.29. The molecule has 0 bridgehead atoms. The number of rotatable bonds is 5. The molecule has 0 aromatic carbocycles. The third-order valence-corrected chi connectivity index (χ3v) is 5.79. The van der Waals surface area contributed by atoms with Gasteiger partial charge in [-0.05, 0) is 43.9 Å². The van der Waals surface area contributed by atoms with Crippen molar-refractivity contribution in [3.8, 4) is 0 Å². The van der Waals surface area contributed by atoms with E-state index >= 15 is 0 Å². The minimum absolute atomic E-state index is 0. The fraction of sp³-hybridized carbons (Fsp3) is 0.941. The van der Waals surface area contributed by atoms with Gasteiger partial charge in [-0.15, -0.1) is 24.8 Å². The summed E-state index contributed by atoms with van der Waals surface area (Å²) in [5.41, 5.74) is 6.06. The molecule has 1 amide bonds. The van der Waals surface area contributed by atoms with Gasteiger partial charge in [-0.1, -0.05) is 19.3 Å². The maximum Gasteiger partial charge on any atom is 0.220 e. The molecule has 6 heteroatoms. The Bertz CT molecular complexity index is 364. The van der Waals surface area contributed by atoms with Gasteiger partial charge in [0.1, 0.15) is 0 Å². The van der Waals surface area contributed by atoms with Crippen molar-refractivity contribution in [3.05, 3.63) is 0 Å². The summed E-state index contributed by atoms with van der Waals surface area (Å²) < 4.78 is 0. The molecule has 2 saturated carbocycles. The number of carbonyl (C=O) groups is 1. The number of likely N-dealkylation sites (tertiary alicyclic amines) is 1. The van der Waals surface area contributed by atoms with Gasteiger partial charge in [0.05, 0.1) is 0 Å². The maximum atomic E-state index is 12.2. The highest BCUT2D eigenvalue weighted by molar-refractivity contribution is 5.85. The van der Waals surface area contributed by atoms with Gasteiger partial charge in [-0.3, -0.25) is 4.79 Å². The predicted octanol–water partition coefficient (Wildman–Crippen LogP) is 2.73. The first kappa shape index (κ1) is 21.0. The van der Waals surface area contributed by atoms with E-state index in [9.17, 15) is 4.79 Å². The summed E-state index contributed by atoms with van der Waals surface area (Å²) in [6.45, 7) is 3.46. The number of nitrogens with one attached hydrogen (secondary N) is 1. The molecule has 1 aliphatic heterocycles. The smallest absolute Gasteiger partial charge is 0.220 e. The van der Waals surface area contributed by atoms with E-state index < -0.39 is 0 Å². The molecule has 0 spiro atoms. The van der Waals surface area contributed by atoms with Gasteiger partial charge in [0.25, 0.3) is 0 Å². The standard InChI is InChI=1S/C17H31N3O.2ClH/c18-16-7-3-6-14(16)10-17(21)19-15-8-9-20(12-15)11-13-4-1-2-5-13;;/h13-16H,1-12,18H2,(H,19,21);2*1H/t14-,15?,16+;;/m0../s1. The average Bonchev–Trinajstić information content (AvgIpc) is 3.16. The van der Waals surface area contributed by atoms with Crippen LogP contribution in [0.25, 0.3) is 0 Å². The number of amides is 1. The minimum Gasteiger partial charge on any atom is -0.352 e. The van der Waals surface area contributed by atoms with Crippen LogP contribution in [0.15, 0.2) is 0 Å².